The third-order valence-corrected chi connectivity index (χ3v) is 4.35. The van der Waals surface area contributed by atoms with Gasteiger partial charge in [-0.25, -0.2) is 4.79 Å². The maximum Gasteiger partial charge on any atom is 0.345 e. The lowest BCUT2D eigenvalue weighted by atomic mass is 9.99. The van der Waals surface area contributed by atoms with E-state index < -0.39 is 23.4 Å². The number of nitrogens with one attached hydrogen (secondary N) is 1. The molecular weight excluding hydrogens is 348 g/mol. The summed E-state index contributed by atoms with van der Waals surface area (Å²) in [4.78, 5) is 34.6. The third-order valence-electron chi connectivity index (χ3n) is 4.35. The lowest BCUT2D eigenvalue weighted by Crippen LogP contribution is -2.21. The zero-order valence-electron chi connectivity index (χ0n) is 15.5. The van der Waals surface area contributed by atoms with Crippen LogP contribution in [-0.4, -0.2) is 23.4 Å². The van der Waals surface area contributed by atoms with E-state index in [9.17, 15) is 19.7 Å². The summed E-state index contributed by atoms with van der Waals surface area (Å²) in [6.07, 6.45) is 1.02. The maximum absolute atomic E-state index is 12.1. The van der Waals surface area contributed by atoms with Crippen molar-refractivity contribution in [3.8, 4) is 0 Å². The molecule has 2 rings (SSSR count). The Morgan fingerprint density at radius 3 is 2.44 bits per heavy atom. The number of nitro groups is 1. The summed E-state index contributed by atoms with van der Waals surface area (Å²) >= 11 is 0. The highest BCUT2D eigenvalue weighted by atomic mass is 16.6. The topological polar surface area (TPSA) is 98.5 Å². The summed E-state index contributed by atoms with van der Waals surface area (Å²) < 4.78 is 4.93. The van der Waals surface area contributed by atoms with E-state index in [1.165, 1.54) is 30.7 Å². The Kier molecular flexibility index (Phi) is 6.65. The number of carbonyl (C=O) groups excluding carboxylic acids is 2. The minimum absolute atomic E-state index is 0.175. The van der Waals surface area contributed by atoms with E-state index in [0.717, 1.165) is 6.42 Å². The van der Waals surface area contributed by atoms with Crippen molar-refractivity contribution in [2.45, 2.75) is 33.1 Å². The number of rotatable bonds is 7. The number of nitro benzene ring substituents is 1. The normalized spacial score (nSPS) is 11.5. The van der Waals surface area contributed by atoms with Gasteiger partial charge >= 0.3 is 5.97 Å². The van der Waals surface area contributed by atoms with Crippen LogP contribution in [0.3, 0.4) is 0 Å². The summed E-state index contributed by atoms with van der Waals surface area (Å²) in [5.41, 5.74) is 1.62. The molecule has 1 atom stereocenters. The fraction of sp³-hybridized carbons (Fsp3) is 0.300. The van der Waals surface area contributed by atoms with Gasteiger partial charge in [0.25, 0.3) is 11.6 Å². The SMILES string of the molecule is CC[C@H](C)c1ccc(NC(=O)COC(=O)c2cccc(C)c2[N+](=O)[O-])cc1. The minimum Gasteiger partial charge on any atom is -0.452 e. The van der Waals surface area contributed by atoms with Crippen LogP contribution in [0.2, 0.25) is 0 Å². The number of hydrogen-bond donors (Lipinski definition) is 1. The molecule has 0 bridgehead atoms. The first kappa shape index (κ1) is 20.1. The van der Waals surface area contributed by atoms with Crippen LogP contribution < -0.4 is 5.32 Å². The van der Waals surface area contributed by atoms with Crippen LogP contribution in [0.25, 0.3) is 0 Å². The van der Waals surface area contributed by atoms with Crippen LogP contribution >= 0.6 is 0 Å². The Balaban J connectivity index is 1.97. The van der Waals surface area contributed by atoms with Crippen LogP contribution in [0, 0.1) is 17.0 Å². The summed E-state index contributed by atoms with van der Waals surface area (Å²) in [6, 6.07) is 11.8. The van der Waals surface area contributed by atoms with Crippen molar-refractivity contribution >= 4 is 23.3 Å². The van der Waals surface area contributed by atoms with E-state index >= 15 is 0 Å². The van der Waals surface area contributed by atoms with Crippen molar-refractivity contribution in [1.82, 2.24) is 0 Å². The Bertz CT molecular complexity index is 846. The first-order chi connectivity index (χ1) is 12.8. The molecule has 1 N–H and O–H groups in total. The molecular formula is C20H22N2O5. The fourth-order valence-electron chi connectivity index (χ4n) is 2.60. The van der Waals surface area contributed by atoms with Crippen molar-refractivity contribution in [3.63, 3.8) is 0 Å². The van der Waals surface area contributed by atoms with Gasteiger partial charge in [0.2, 0.25) is 0 Å². The van der Waals surface area contributed by atoms with Gasteiger partial charge in [-0.05, 0) is 43.0 Å². The molecule has 7 nitrogen and oxygen atoms in total. The Morgan fingerprint density at radius 1 is 1.19 bits per heavy atom. The summed E-state index contributed by atoms with van der Waals surface area (Å²) in [5.74, 6) is -0.997. The number of ether oxygens (including phenoxy) is 1. The molecule has 0 aliphatic heterocycles. The zero-order chi connectivity index (χ0) is 20.0. The Labute approximate surface area is 157 Å². The minimum atomic E-state index is -0.910. The summed E-state index contributed by atoms with van der Waals surface area (Å²) in [6.45, 7) is 5.23. The van der Waals surface area contributed by atoms with E-state index in [0.29, 0.717) is 17.2 Å². The molecule has 0 heterocycles. The second-order valence-electron chi connectivity index (χ2n) is 6.28. The van der Waals surface area contributed by atoms with E-state index in [4.69, 9.17) is 4.74 Å². The van der Waals surface area contributed by atoms with Gasteiger partial charge in [0.1, 0.15) is 5.56 Å². The molecule has 0 radical (unpaired) electrons. The Hall–Kier alpha value is -3.22. The van der Waals surface area contributed by atoms with Gasteiger partial charge in [-0.2, -0.15) is 0 Å². The van der Waals surface area contributed by atoms with Crippen LogP contribution in [0.15, 0.2) is 42.5 Å². The molecule has 0 spiro atoms. The summed E-state index contributed by atoms with van der Waals surface area (Å²) in [5, 5.41) is 13.8. The lowest BCUT2D eigenvalue weighted by Gasteiger charge is -2.11. The molecule has 0 aromatic heterocycles. The van der Waals surface area contributed by atoms with Crippen LogP contribution in [0.1, 0.15) is 47.7 Å². The number of esters is 1. The average molecular weight is 370 g/mol. The highest BCUT2D eigenvalue weighted by Crippen LogP contribution is 2.24. The molecule has 0 aliphatic rings. The number of aryl methyl sites for hydroxylation is 1. The van der Waals surface area contributed by atoms with Crippen LogP contribution in [0.5, 0.6) is 0 Å². The largest absolute Gasteiger partial charge is 0.452 e. The number of carbonyl (C=O) groups is 2. The quantitative estimate of drug-likeness (QED) is 0.447. The molecule has 0 unspecified atom stereocenters. The van der Waals surface area contributed by atoms with E-state index in [1.54, 1.807) is 12.1 Å². The van der Waals surface area contributed by atoms with Gasteiger partial charge in [0, 0.05) is 11.3 Å². The first-order valence-corrected chi connectivity index (χ1v) is 8.64. The smallest absolute Gasteiger partial charge is 0.345 e. The van der Waals surface area contributed by atoms with E-state index in [-0.39, 0.29) is 11.3 Å². The van der Waals surface area contributed by atoms with Crippen molar-refractivity contribution in [3.05, 3.63) is 69.3 Å². The monoisotopic (exact) mass is 370 g/mol. The van der Waals surface area contributed by atoms with Gasteiger partial charge in [0.15, 0.2) is 6.61 Å². The second-order valence-corrected chi connectivity index (χ2v) is 6.28. The predicted octanol–water partition coefficient (Wildman–Crippen LogP) is 4.21. The molecule has 27 heavy (non-hydrogen) atoms. The first-order valence-electron chi connectivity index (χ1n) is 8.64. The highest BCUT2D eigenvalue weighted by Gasteiger charge is 2.24. The summed E-state index contributed by atoms with van der Waals surface area (Å²) in [7, 11) is 0. The third kappa shape index (κ3) is 5.13. The number of amides is 1. The van der Waals surface area contributed by atoms with Crippen molar-refractivity contribution in [1.29, 1.82) is 0 Å². The highest BCUT2D eigenvalue weighted by molar-refractivity contribution is 5.97. The standard InChI is InChI=1S/C20H22N2O5/c1-4-13(2)15-8-10-16(11-9-15)21-18(23)12-27-20(24)17-7-5-6-14(3)19(17)22(25)26/h5-11,13H,4,12H2,1-3H3,(H,21,23)/t13-/m0/s1. The number of para-hydroxylation sites is 1. The molecule has 0 aliphatic carbocycles. The second kappa shape index (κ2) is 8.93. The zero-order valence-corrected chi connectivity index (χ0v) is 15.5. The molecule has 2 aromatic rings. The Morgan fingerprint density at radius 2 is 1.85 bits per heavy atom. The van der Waals surface area contributed by atoms with Crippen LogP contribution in [0.4, 0.5) is 11.4 Å². The van der Waals surface area contributed by atoms with Gasteiger partial charge in [-0.3, -0.25) is 14.9 Å². The van der Waals surface area contributed by atoms with Crippen molar-refractivity contribution in [2.75, 3.05) is 11.9 Å². The molecule has 7 heteroatoms. The van der Waals surface area contributed by atoms with Crippen molar-refractivity contribution in [2.24, 2.45) is 0 Å². The maximum atomic E-state index is 12.1. The molecule has 0 fully saturated rings. The van der Waals surface area contributed by atoms with Gasteiger partial charge in [-0.15, -0.1) is 0 Å². The molecule has 2 aromatic carbocycles. The van der Waals surface area contributed by atoms with E-state index in [2.05, 4.69) is 19.2 Å². The average Bonchev–Trinajstić information content (AvgIpc) is 2.65. The van der Waals surface area contributed by atoms with Gasteiger partial charge < -0.3 is 10.1 Å². The van der Waals surface area contributed by atoms with Crippen molar-refractivity contribution < 1.29 is 19.2 Å². The van der Waals surface area contributed by atoms with Gasteiger partial charge in [-0.1, -0.05) is 38.1 Å². The molecule has 0 saturated carbocycles. The fourth-order valence-corrected chi connectivity index (χ4v) is 2.60. The van der Waals surface area contributed by atoms with Gasteiger partial charge in [0.05, 0.1) is 4.92 Å². The van der Waals surface area contributed by atoms with Crippen LogP contribution in [-0.2, 0) is 9.53 Å². The number of hydrogen-bond acceptors (Lipinski definition) is 5. The number of anilines is 1. The van der Waals surface area contributed by atoms with E-state index in [1.807, 2.05) is 12.1 Å². The number of nitrogens with zero attached hydrogens (tertiary/aromatic N) is 1. The predicted molar refractivity (Wildman–Crippen MR) is 102 cm³/mol. The molecule has 0 saturated heterocycles. The lowest BCUT2D eigenvalue weighted by molar-refractivity contribution is -0.385. The molecule has 1 amide bonds. The molecule has 142 valence electrons. The number of benzene rings is 2.